The Morgan fingerprint density at radius 2 is 1.79 bits per heavy atom. The Morgan fingerprint density at radius 1 is 1.13 bits per heavy atom. The van der Waals surface area contributed by atoms with Crippen molar-refractivity contribution in [1.82, 2.24) is 15.5 Å². The molecule has 1 aromatic carbocycles. The number of amides is 3. The molecule has 1 aromatic rings. The van der Waals surface area contributed by atoms with Crippen LogP contribution in [0, 0.1) is 0 Å². The van der Waals surface area contributed by atoms with E-state index < -0.39 is 54.0 Å². The number of hydrogen-bond donors (Lipinski definition) is 8. The van der Waals surface area contributed by atoms with E-state index in [4.69, 9.17) is 17.2 Å². The SMILES string of the molecule is CC(O)C(N)C(=O)NC(Cc1ccc(O)cc1)C(=O)N1CCCC1C(=O)NC(CCCN=C(N)N)C(=O)O. The monoisotopic (exact) mass is 535 g/mol. The van der Waals surface area contributed by atoms with Crippen LogP contribution in [0.15, 0.2) is 29.3 Å². The second kappa shape index (κ2) is 14.1. The van der Waals surface area contributed by atoms with E-state index in [9.17, 15) is 34.5 Å². The van der Waals surface area contributed by atoms with Crippen LogP contribution in [0.5, 0.6) is 5.75 Å². The van der Waals surface area contributed by atoms with E-state index in [1.165, 1.54) is 24.0 Å². The number of hydrogen-bond acceptors (Lipinski definition) is 8. The van der Waals surface area contributed by atoms with Gasteiger partial charge in [-0.3, -0.25) is 19.4 Å². The summed E-state index contributed by atoms with van der Waals surface area (Å²) in [5.74, 6) is -3.25. The molecule has 5 unspecified atom stereocenters. The molecule has 14 heteroatoms. The number of guanidine groups is 1. The zero-order chi connectivity index (χ0) is 28.4. The summed E-state index contributed by atoms with van der Waals surface area (Å²) < 4.78 is 0. The number of aliphatic carboxylic acids is 1. The minimum absolute atomic E-state index is 0.0272. The van der Waals surface area contributed by atoms with E-state index in [1.54, 1.807) is 12.1 Å². The van der Waals surface area contributed by atoms with Crippen molar-refractivity contribution in [1.29, 1.82) is 0 Å². The molecule has 14 nitrogen and oxygen atoms in total. The van der Waals surface area contributed by atoms with Crippen molar-refractivity contribution >= 4 is 29.7 Å². The molecule has 38 heavy (non-hydrogen) atoms. The number of aliphatic hydroxyl groups is 1. The number of aromatic hydroxyl groups is 1. The Balaban J connectivity index is 2.17. The highest BCUT2D eigenvalue weighted by atomic mass is 16.4. The lowest BCUT2D eigenvalue weighted by Gasteiger charge is -2.30. The van der Waals surface area contributed by atoms with Gasteiger partial charge >= 0.3 is 5.97 Å². The van der Waals surface area contributed by atoms with Crippen molar-refractivity contribution < 1.29 is 34.5 Å². The minimum Gasteiger partial charge on any atom is -0.508 e. The Hall–Kier alpha value is -3.91. The molecule has 1 aliphatic rings. The first-order valence-corrected chi connectivity index (χ1v) is 12.3. The number of aliphatic hydroxyl groups excluding tert-OH is 1. The highest BCUT2D eigenvalue weighted by Crippen LogP contribution is 2.21. The summed E-state index contributed by atoms with van der Waals surface area (Å²) >= 11 is 0. The van der Waals surface area contributed by atoms with Crippen LogP contribution in [0.1, 0.15) is 38.2 Å². The van der Waals surface area contributed by atoms with Crippen molar-refractivity contribution in [3.8, 4) is 5.75 Å². The average molecular weight is 536 g/mol. The van der Waals surface area contributed by atoms with Gasteiger partial charge in [-0.15, -0.1) is 0 Å². The van der Waals surface area contributed by atoms with E-state index in [1.807, 2.05) is 0 Å². The molecule has 1 fully saturated rings. The molecule has 3 amide bonds. The maximum absolute atomic E-state index is 13.6. The highest BCUT2D eigenvalue weighted by molar-refractivity contribution is 5.94. The lowest BCUT2D eigenvalue weighted by molar-refractivity contribution is -0.145. The topological polar surface area (TPSA) is 247 Å². The number of phenols is 1. The number of carboxylic acids is 1. The summed E-state index contributed by atoms with van der Waals surface area (Å²) in [4.78, 5) is 56.0. The molecule has 210 valence electrons. The van der Waals surface area contributed by atoms with Crippen LogP contribution >= 0.6 is 0 Å². The molecule has 5 atom stereocenters. The van der Waals surface area contributed by atoms with Crippen LogP contribution < -0.4 is 27.8 Å². The van der Waals surface area contributed by atoms with Crippen molar-refractivity contribution in [3.05, 3.63) is 29.8 Å². The quantitative estimate of drug-likeness (QED) is 0.0765. The molecule has 0 saturated carbocycles. The summed E-state index contributed by atoms with van der Waals surface area (Å²) in [5, 5.41) is 33.8. The van der Waals surface area contributed by atoms with Crippen molar-refractivity contribution in [3.63, 3.8) is 0 Å². The third-order valence-electron chi connectivity index (χ3n) is 6.21. The summed E-state index contributed by atoms with van der Waals surface area (Å²) in [7, 11) is 0. The Bertz CT molecular complexity index is 1010. The smallest absolute Gasteiger partial charge is 0.326 e. The van der Waals surface area contributed by atoms with Gasteiger partial charge in [0.05, 0.1) is 6.10 Å². The van der Waals surface area contributed by atoms with Crippen molar-refractivity contribution in [2.24, 2.45) is 22.2 Å². The van der Waals surface area contributed by atoms with Gasteiger partial charge in [0.25, 0.3) is 0 Å². The Labute approximate surface area is 220 Å². The normalized spacial score (nSPS) is 18.1. The van der Waals surface area contributed by atoms with Crippen LogP contribution in [-0.2, 0) is 25.6 Å². The third-order valence-corrected chi connectivity index (χ3v) is 6.21. The zero-order valence-electron chi connectivity index (χ0n) is 21.2. The van der Waals surface area contributed by atoms with Gasteiger partial charge in [0.2, 0.25) is 17.7 Å². The van der Waals surface area contributed by atoms with Crippen LogP contribution in [0.4, 0.5) is 0 Å². The summed E-state index contributed by atoms with van der Waals surface area (Å²) in [6, 6.07) is 1.50. The van der Waals surface area contributed by atoms with Gasteiger partial charge < -0.3 is 48.1 Å². The van der Waals surface area contributed by atoms with Gasteiger partial charge in [-0.2, -0.15) is 0 Å². The van der Waals surface area contributed by atoms with Gasteiger partial charge in [0, 0.05) is 19.5 Å². The van der Waals surface area contributed by atoms with Crippen molar-refractivity contribution in [2.75, 3.05) is 13.1 Å². The van der Waals surface area contributed by atoms with Crippen LogP contribution in [0.25, 0.3) is 0 Å². The lowest BCUT2D eigenvalue weighted by atomic mass is 10.0. The number of carbonyl (C=O) groups excluding carboxylic acids is 3. The minimum atomic E-state index is -1.28. The van der Waals surface area contributed by atoms with Crippen LogP contribution in [0.2, 0.25) is 0 Å². The van der Waals surface area contributed by atoms with E-state index in [2.05, 4.69) is 15.6 Å². The lowest BCUT2D eigenvalue weighted by Crippen LogP contribution is -2.58. The number of carboxylic acid groups (broad SMARTS) is 1. The first-order valence-electron chi connectivity index (χ1n) is 12.3. The average Bonchev–Trinajstić information content (AvgIpc) is 3.35. The third kappa shape index (κ3) is 8.88. The van der Waals surface area contributed by atoms with E-state index >= 15 is 0 Å². The number of likely N-dealkylation sites (tertiary alicyclic amines) is 1. The second-order valence-electron chi connectivity index (χ2n) is 9.24. The van der Waals surface area contributed by atoms with E-state index in [0.29, 0.717) is 24.8 Å². The second-order valence-corrected chi connectivity index (χ2v) is 9.24. The summed E-state index contributed by atoms with van der Waals surface area (Å²) in [6.45, 7) is 1.77. The molecule has 0 aliphatic carbocycles. The fourth-order valence-corrected chi connectivity index (χ4v) is 4.09. The first-order chi connectivity index (χ1) is 17.9. The number of phenolic OH excluding ortho intramolecular Hbond substituents is 1. The number of benzene rings is 1. The van der Waals surface area contributed by atoms with E-state index in [-0.39, 0.29) is 37.6 Å². The molecule has 1 saturated heterocycles. The molecule has 1 heterocycles. The molecule has 1 aliphatic heterocycles. The predicted molar refractivity (Wildman–Crippen MR) is 138 cm³/mol. The Morgan fingerprint density at radius 3 is 2.37 bits per heavy atom. The first kappa shape index (κ1) is 30.3. The number of nitrogens with one attached hydrogen (secondary N) is 2. The zero-order valence-corrected chi connectivity index (χ0v) is 21.2. The largest absolute Gasteiger partial charge is 0.508 e. The predicted octanol–water partition coefficient (Wildman–Crippen LogP) is -2.26. The maximum atomic E-state index is 13.6. The Kier molecular flexibility index (Phi) is 11.3. The number of aliphatic imine (C=N–C) groups is 1. The van der Waals surface area contributed by atoms with Gasteiger partial charge in [0.1, 0.15) is 29.9 Å². The molecular weight excluding hydrogens is 498 g/mol. The fourth-order valence-electron chi connectivity index (χ4n) is 4.09. The highest BCUT2D eigenvalue weighted by Gasteiger charge is 2.39. The van der Waals surface area contributed by atoms with Gasteiger partial charge in [0.15, 0.2) is 5.96 Å². The van der Waals surface area contributed by atoms with Crippen molar-refractivity contribution in [2.45, 2.75) is 69.3 Å². The molecule has 0 radical (unpaired) electrons. The van der Waals surface area contributed by atoms with Crippen LogP contribution in [-0.4, -0.2) is 93.2 Å². The number of carbonyl (C=O) groups is 4. The number of rotatable bonds is 13. The number of nitrogens with zero attached hydrogens (tertiary/aromatic N) is 2. The number of nitrogens with two attached hydrogens (primary N) is 3. The van der Waals surface area contributed by atoms with Gasteiger partial charge in [-0.25, -0.2) is 4.79 Å². The molecule has 0 aromatic heterocycles. The fraction of sp³-hybridized carbons (Fsp3) is 0.542. The van der Waals surface area contributed by atoms with Crippen LogP contribution in [0.3, 0.4) is 0 Å². The molecular formula is C24H37N7O7. The maximum Gasteiger partial charge on any atom is 0.326 e. The summed E-state index contributed by atoms with van der Waals surface area (Å²) in [5.41, 5.74) is 16.9. The molecule has 0 bridgehead atoms. The van der Waals surface area contributed by atoms with E-state index in [0.717, 1.165) is 0 Å². The van der Waals surface area contributed by atoms with Gasteiger partial charge in [-0.05, 0) is 50.3 Å². The molecule has 2 rings (SSSR count). The molecule has 11 N–H and O–H groups in total. The molecule has 0 spiro atoms. The van der Waals surface area contributed by atoms with Gasteiger partial charge in [-0.1, -0.05) is 12.1 Å². The summed E-state index contributed by atoms with van der Waals surface area (Å²) in [6.07, 6.45) is 0.0707. The standard InChI is InChI=1S/C24H37N7O7/c1-13(32)19(25)21(35)30-17(12-14-6-8-15(33)9-7-14)22(36)31-11-3-5-18(31)20(34)29-16(23(37)38)4-2-10-28-24(26)27/h6-9,13,16-19,32-33H,2-5,10-12,25H2,1H3,(H,29,34)(H,30,35)(H,37,38)(H4,26,27,28).